The highest BCUT2D eigenvalue weighted by Gasteiger charge is 2.07. The molecule has 0 fully saturated rings. The zero-order valence-electron chi connectivity index (χ0n) is 11.7. The van der Waals surface area contributed by atoms with E-state index in [1.165, 1.54) is 5.56 Å². The summed E-state index contributed by atoms with van der Waals surface area (Å²) in [4.78, 5) is 20.6. The Kier molecular flexibility index (Phi) is 3.60. The van der Waals surface area contributed by atoms with Crippen LogP contribution in [0.3, 0.4) is 0 Å². The molecular formula is C17H15N3O. The van der Waals surface area contributed by atoms with Crippen molar-refractivity contribution in [2.45, 2.75) is 13.5 Å². The van der Waals surface area contributed by atoms with Crippen LogP contribution in [-0.4, -0.2) is 15.9 Å². The quantitative estimate of drug-likeness (QED) is 0.801. The standard InChI is InChI=1S/C17H15N3O/c1-12-3-2-4-13(9-12)11-20-17(21)14-5-6-15-16(10-14)19-8-7-18-15/h2-10H,11H2,1H3,(H,20,21). The van der Waals surface area contributed by atoms with E-state index in [-0.39, 0.29) is 5.91 Å². The van der Waals surface area contributed by atoms with Gasteiger partial charge in [-0.05, 0) is 30.7 Å². The van der Waals surface area contributed by atoms with Crippen molar-refractivity contribution in [2.75, 3.05) is 0 Å². The number of aryl methyl sites for hydroxylation is 1. The van der Waals surface area contributed by atoms with Crippen LogP contribution in [0.4, 0.5) is 0 Å². The second kappa shape index (κ2) is 5.71. The van der Waals surface area contributed by atoms with E-state index in [2.05, 4.69) is 21.4 Å². The van der Waals surface area contributed by atoms with Crippen LogP contribution in [0.5, 0.6) is 0 Å². The van der Waals surface area contributed by atoms with Gasteiger partial charge in [-0.2, -0.15) is 0 Å². The van der Waals surface area contributed by atoms with Crippen LogP contribution < -0.4 is 5.32 Å². The Labute approximate surface area is 122 Å². The molecule has 3 aromatic rings. The lowest BCUT2D eigenvalue weighted by molar-refractivity contribution is 0.0951. The highest BCUT2D eigenvalue weighted by atomic mass is 16.1. The van der Waals surface area contributed by atoms with E-state index in [4.69, 9.17) is 0 Å². The molecule has 21 heavy (non-hydrogen) atoms. The molecule has 1 amide bonds. The smallest absolute Gasteiger partial charge is 0.251 e. The highest BCUT2D eigenvalue weighted by molar-refractivity contribution is 5.97. The predicted octanol–water partition coefficient (Wildman–Crippen LogP) is 2.87. The minimum atomic E-state index is -0.107. The summed E-state index contributed by atoms with van der Waals surface area (Å²) in [5.74, 6) is -0.107. The van der Waals surface area contributed by atoms with Crippen LogP contribution in [-0.2, 0) is 6.54 Å². The third-order valence-corrected chi connectivity index (χ3v) is 3.27. The van der Waals surface area contributed by atoms with Crippen LogP contribution >= 0.6 is 0 Å². The van der Waals surface area contributed by atoms with Gasteiger partial charge in [0.2, 0.25) is 0 Å². The van der Waals surface area contributed by atoms with Gasteiger partial charge in [-0.15, -0.1) is 0 Å². The Morgan fingerprint density at radius 2 is 1.86 bits per heavy atom. The first-order valence-electron chi connectivity index (χ1n) is 6.77. The van der Waals surface area contributed by atoms with Gasteiger partial charge in [-0.25, -0.2) is 0 Å². The van der Waals surface area contributed by atoms with Gasteiger partial charge < -0.3 is 5.32 Å². The topological polar surface area (TPSA) is 54.9 Å². The number of carbonyl (C=O) groups excluding carboxylic acids is 1. The van der Waals surface area contributed by atoms with Crippen LogP contribution in [0, 0.1) is 6.92 Å². The van der Waals surface area contributed by atoms with Gasteiger partial charge >= 0.3 is 0 Å². The molecule has 1 heterocycles. The fraction of sp³-hybridized carbons (Fsp3) is 0.118. The first-order valence-corrected chi connectivity index (χ1v) is 6.77. The normalized spacial score (nSPS) is 10.5. The monoisotopic (exact) mass is 277 g/mol. The van der Waals surface area contributed by atoms with Crippen molar-refractivity contribution >= 4 is 16.9 Å². The minimum absolute atomic E-state index is 0.107. The third kappa shape index (κ3) is 3.05. The van der Waals surface area contributed by atoms with Crippen molar-refractivity contribution in [3.63, 3.8) is 0 Å². The molecule has 0 saturated heterocycles. The lowest BCUT2D eigenvalue weighted by Gasteiger charge is -2.06. The average Bonchev–Trinajstić information content (AvgIpc) is 2.52. The fourth-order valence-electron chi connectivity index (χ4n) is 2.21. The van der Waals surface area contributed by atoms with Crippen molar-refractivity contribution in [3.05, 3.63) is 71.5 Å². The minimum Gasteiger partial charge on any atom is -0.348 e. The highest BCUT2D eigenvalue weighted by Crippen LogP contribution is 2.11. The Bertz CT molecular complexity index is 799. The molecule has 1 N–H and O–H groups in total. The Morgan fingerprint density at radius 3 is 2.67 bits per heavy atom. The number of benzene rings is 2. The van der Waals surface area contributed by atoms with Crippen molar-refractivity contribution < 1.29 is 4.79 Å². The first-order chi connectivity index (χ1) is 10.2. The van der Waals surface area contributed by atoms with Gasteiger partial charge in [0.25, 0.3) is 5.91 Å². The van der Waals surface area contributed by atoms with Gasteiger partial charge in [0, 0.05) is 24.5 Å². The number of hydrogen-bond donors (Lipinski definition) is 1. The molecule has 2 aromatic carbocycles. The van der Waals surface area contributed by atoms with E-state index in [1.807, 2.05) is 31.2 Å². The van der Waals surface area contributed by atoms with Gasteiger partial charge in [0.1, 0.15) is 0 Å². The third-order valence-electron chi connectivity index (χ3n) is 3.27. The number of hydrogen-bond acceptors (Lipinski definition) is 3. The molecule has 0 radical (unpaired) electrons. The van der Waals surface area contributed by atoms with E-state index >= 15 is 0 Å². The summed E-state index contributed by atoms with van der Waals surface area (Å²) in [5.41, 5.74) is 4.37. The average molecular weight is 277 g/mol. The molecule has 0 aliphatic carbocycles. The summed E-state index contributed by atoms with van der Waals surface area (Å²) in [7, 11) is 0. The van der Waals surface area contributed by atoms with Gasteiger partial charge in [0.15, 0.2) is 0 Å². The zero-order valence-corrected chi connectivity index (χ0v) is 11.7. The molecule has 0 aliphatic rings. The van der Waals surface area contributed by atoms with E-state index in [9.17, 15) is 4.79 Å². The summed E-state index contributed by atoms with van der Waals surface area (Å²) in [6.45, 7) is 2.55. The van der Waals surface area contributed by atoms with E-state index in [1.54, 1.807) is 24.5 Å². The molecule has 0 saturated carbocycles. The number of nitrogens with zero attached hydrogens (tertiary/aromatic N) is 2. The summed E-state index contributed by atoms with van der Waals surface area (Å²) < 4.78 is 0. The number of amides is 1. The van der Waals surface area contributed by atoms with Gasteiger partial charge in [-0.1, -0.05) is 29.8 Å². The van der Waals surface area contributed by atoms with Crippen LogP contribution in [0.15, 0.2) is 54.9 Å². The summed E-state index contributed by atoms with van der Waals surface area (Å²) in [6, 6.07) is 13.4. The van der Waals surface area contributed by atoms with Gasteiger partial charge in [-0.3, -0.25) is 14.8 Å². The van der Waals surface area contributed by atoms with Crippen LogP contribution in [0.25, 0.3) is 11.0 Å². The molecule has 0 atom stereocenters. The maximum Gasteiger partial charge on any atom is 0.251 e. The fourth-order valence-corrected chi connectivity index (χ4v) is 2.21. The molecule has 4 nitrogen and oxygen atoms in total. The molecule has 104 valence electrons. The van der Waals surface area contributed by atoms with Crippen LogP contribution in [0.2, 0.25) is 0 Å². The Hall–Kier alpha value is -2.75. The van der Waals surface area contributed by atoms with Crippen LogP contribution in [0.1, 0.15) is 21.5 Å². The molecule has 0 aliphatic heterocycles. The van der Waals surface area contributed by atoms with E-state index < -0.39 is 0 Å². The zero-order chi connectivity index (χ0) is 14.7. The number of nitrogens with one attached hydrogen (secondary N) is 1. The predicted molar refractivity (Wildman–Crippen MR) is 81.9 cm³/mol. The molecular weight excluding hydrogens is 262 g/mol. The number of carbonyl (C=O) groups is 1. The molecule has 1 aromatic heterocycles. The van der Waals surface area contributed by atoms with Crippen molar-refractivity contribution in [3.8, 4) is 0 Å². The van der Waals surface area contributed by atoms with E-state index in [0.29, 0.717) is 12.1 Å². The summed E-state index contributed by atoms with van der Waals surface area (Å²) >= 11 is 0. The maximum absolute atomic E-state index is 12.2. The Balaban J connectivity index is 1.74. The lowest BCUT2D eigenvalue weighted by Crippen LogP contribution is -2.22. The van der Waals surface area contributed by atoms with Crippen molar-refractivity contribution in [2.24, 2.45) is 0 Å². The molecule has 3 rings (SSSR count). The van der Waals surface area contributed by atoms with Crippen molar-refractivity contribution in [1.82, 2.24) is 15.3 Å². The largest absolute Gasteiger partial charge is 0.348 e. The Morgan fingerprint density at radius 1 is 1.05 bits per heavy atom. The number of aromatic nitrogens is 2. The number of rotatable bonds is 3. The molecule has 0 unspecified atom stereocenters. The summed E-state index contributed by atoms with van der Waals surface area (Å²) in [6.07, 6.45) is 3.26. The number of fused-ring (bicyclic) bond motifs is 1. The molecule has 0 spiro atoms. The van der Waals surface area contributed by atoms with E-state index in [0.717, 1.165) is 16.6 Å². The summed E-state index contributed by atoms with van der Waals surface area (Å²) in [5, 5.41) is 2.92. The van der Waals surface area contributed by atoms with Gasteiger partial charge in [0.05, 0.1) is 11.0 Å². The first kappa shape index (κ1) is 13.2. The SMILES string of the molecule is Cc1cccc(CNC(=O)c2ccc3nccnc3c2)c1. The lowest BCUT2D eigenvalue weighted by atomic mass is 10.1. The molecule has 0 bridgehead atoms. The maximum atomic E-state index is 12.2. The second-order valence-electron chi connectivity index (χ2n) is 4.93. The molecule has 4 heteroatoms. The van der Waals surface area contributed by atoms with Crippen molar-refractivity contribution in [1.29, 1.82) is 0 Å². The second-order valence-corrected chi connectivity index (χ2v) is 4.93.